The lowest BCUT2D eigenvalue weighted by Crippen LogP contribution is -2.36. The maximum Gasteiger partial charge on any atom is 0.408 e. The number of rotatable bonds is 7. The van der Waals surface area contributed by atoms with Gasteiger partial charge < -0.3 is 14.5 Å². The molecule has 0 aliphatic heterocycles. The Morgan fingerprint density at radius 2 is 1.82 bits per heavy atom. The molecule has 2 aromatic carbocycles. The van der Waals surface area contributed by atoms with Crippen molar-refractivity contribution >= 4 is 39.1 Å². The molecule has 8 nitrogen and oxygen atoms in total. The van der Waals surface area contributed by atoms with Crippen LogP contribution in [0, 0.1) is 0 Å². The van der Waals surface area contributed by atoms with Crippen molar-refractivity contribution in [2.45, 2.75) is 49.8 Å². The summed E-state index contributed by atoms with van der Waals surface area (Å²) in [6.45, 7) is 5.20. The standard InChI is InChI=1S/C22H23Cl2N3O5S/c1-22(2,3)32-20(28)25-18(11-14-7-5-4-6-8-14)19-26-27-21(31-19)33(29,30)13-15-9-10-16(23)12-17(15)24/h4-10,12,18H,11,13H2,1-3H3,(H,25,28)/t18-/m0/s1. The van der Waals surface area contributed by atoms with Crippen molar-refractivity contribution < 1.29 is 22.4 Å². The zero-order valence-corrected chi connectivity index (χ0v) is 20.5. The Morgan fingerprint density at radius 3 is 2.45 bits per heavy atom. The largest absolute Gasteiger partial charge is 0.444 e. The number of carbonyl (C=O) groups is 1. The summed E-state index contributed by atoms with van der Waals surface area (Å²) in [7, 11) is -4.00. The second kappa shape index (κ2) is 10.1. The first-order chi connectivity index (χ1) is 15.4. The second-order valence-corrected chi connectivity index (χ2v) is 11.0. The number of benzene rings is 2. The molecule has 1 heterocycles. The van der Waals surface area contributed by atoms with Crippen LogP contribution < -0.4 is 5.32 Å². The first kappa shape index (κ1) is 25.0. The SMILES string of the molecule is CC(C)(C)OC(=O)N[C@@H](Cc1ccccc1)c1nnc(S(=O)(=O)Cc2ccc(Cl)cc2Cl)o1. The molecule has 1 atom stereocenters. The number of carbonyl (C=O) groups excluding carboxylic acids is 1. The van der Waals surface area contributed by atoms with Crippen LogP contribution in [0.2, 0.25) is 10.0 Å². The van der Waals surface area contributed by atoms with E-state index in [1.165, 1.54) is 18.2 Å². The van der Waals surface area contributed by atoms with Crippen LogP contribution >= 0.6 is 23.2 Å². The molecule has 0 saturated heterocycles. The van der Waals surface area contributed by atoms with Gasteiger partial charge in [0, 0.05) is 16.5 Å². The Hall–Kier alpha value is -2.62. The number of nitrogens with one attached hydrogen (secondary N) is 1. The van der Waals surface area contributed by atoms with Gasteiger partial charge in [-0.05, 0) is 44.0 Å². The molecule has 0 bridgehead atoms. The van der Waals surface area contributed by atoms with Crippen molar-refractivity contribution in [3.05, 3.63) is 75.6 Å². The van der Waals surface area contributed by atoms with E-state index in [9.17, 15) is 13.2 Å². The average molecular weight is 512 g/mol. The summed E-state index contributed by atoms with van der Waals surface area (Å²) < 4.78 is 36.5. The fraction of sp³-hybridized carbons (Fsp3) is 0.318. The predicted octanol–water partition coefficient (Wildman–Crippen LogP) is 5.16. The maximum atomic E-state index is 12.8. The molecular formula is C22H23Cl2N3O5S. The monoisotopic (exact) mass is 511 g/mol. The van der Waals surface area contributed by atoms with Crippen LogP contribution in [-0.2, 0) is 26.7 Å². The molecule has 0 aliphatic rings. The van der Waals surface area contributed by atoms with Gasteiger partial charge in [-0.3, -0.25) is 0 Å². The van der Waals surface area contributed by atoms with E-state index in [1.807, 2.05) is 30.3 Å². The van der Waals surface area contributed by atoms with Crippen molar-refractivity contribution in [1.29, 1.82) is 0 Å². The van der Waals surface area contributed by atoms with Crippen molar-refractivity contribution in [3.8, 4) is 0 Å². The topological polar surface area (TPSA) is 111 Å². The van der Waals surface area contributed by atoms with Gasteiger partial charge in [-0.1, -0.05) is 64.7 Å². The van der Waals surface area contributed by atoms with E-state index in [-0.39, 0.29) is 17.3 Å². The van der Waals surface area contributed by atoms with E-state index in [2.05, 4.69) is 15.5 Å². The van der Waals surface area contributed by atoms with Crippen LogP contribution in [0.3, 0.4) is 0 Å². The van der Waals surface area contributed by atoms with E-state index in [4.69, 9.17) is 32.4 Å². The highest BCUT2D eigenvalue weighted by atomic mass is 35.5. The summed E-state index contributed by atoms with van der Waals surface area (Å²) in [4.78, 5) is 12.4. The lowest BCUT2D eigenvalue weighted by molar-refractivity contribution is 0.0494. The number of halogens is 2. The molecule has 3 aromatic rings. The number of aromatic nitrogens is 2. The molecule has 0 saturated carbocycles. The molecule has 1 amide bonds. The quantitative estimate of drug-likeness (QED) is 0.466. The summed E-state index contributed by atoms with van der Waals surface area (Å²) >= 11 is 12.0. The lowest BCUT2D eigenvalue weighted by Gasteiger charge is -2.22. The van der Waals surface area contributed by atoms with Crippen LogP contribution in [0.5, 0.6) is 0 Å². The third-order valence-corrected chi connectivity index (χ3v) is 6.30. The molecule has 1 aromatic heterocycles. The van der Waals surface area contributed by atoms with Gasteiger partial charge in [0.05, 0.1) is 5.75 Å². The van der Waals surface area contributed by atoms with Crippen LogP contribution in [-0.4, -0.2) is 30.3 Å². The number of alkyl carbamates (subject to hydrolysis) is 1. The number of hydrogen-bond acceptors (Lipinski definition) is 7. The minimum absolute atomic E-state index is 0.0644. The highest BCUT2D eigenvalue weighted by Gasteiger charge is 2.29. The highest BCUT2D eigenvalue weighted by Crippen LogP contribution is 2.26. The third-order valence-electron chi connectivity index (χ3n) is 4.32. The van der Waals surface area contributed by atoms with Gasteiger partial charge in [0.15, 0.2) is 0 Å². The molecule has 0 aliphatic carbocycles. The van der Waals surface area contributed by atoms with Gasteiger partial charge in [-0.15, -0.1) is 5.10 Å². The maximum absolute atomic E-state index is 12.8. The number of amides is 1. The van der Waals surface area contributed by atoms with E-state index in [1.54, 1.807) is 20.8 Å². The molecule has 0 unspecified atom stereocenters. The smallest absolute Gasteiger partial charge is 0.408 e. The van der Waals surface area contributed by atoms with E-state index < -0.39 is 38.5 Å². The van der Waals surface area contributed by atoms with Crippen molar-refractivity contribution in [2.75, 3.05) is 0 Å². The number of ether oxygens (including phenoxy) is 1. The first-order valence-corrected chi connectivity index (χ1v) is 12.4. The Kier molecular flexibility index (Phi) is 7.66. The molecule has 11 heteroatoms. The Bertz CT molecular complexity index is 1220. The van der Waals surface area contributed by atoms with Gasteiger partial charge >= 0.3 is 11.3 Å². The molecule has 0 fully saturated rings. The van der Waals surface area contributed by atoms with Crippen LogP contribution in [0.15, 0.2) is 58.2 Å². The van der Waals surface area contributed by atoms with Gasteiger partial charge in [-0.25, -0.2) is 13.2 Å². The zero-order chi connectivity index (χ0) is 24.2. The average Bonchev–Trinajstić information content (AvgIpc) is 3.20. The van der Waals surface area contributed by atoms with E-state index in [0.29, 0.717) is 10.6 Å². The number of nitrogens with zero attached hydrogens (tertiary/aromatic N) is 2. The Balaban J connectivity index is 1.85. The van der Waals surface area contributed by atoms with Crippen LogP contribution in [0.1, 0.15) is 43.8 Å². The summed E-state index contributed by atoms with van der Waals surface area (Å²) in [6.07, 6.45) is -0.413. The third kappa shape index (κ3) is 7.18. The highest BCUT2D eigenvalue weighted by molar-refractivity contribution is 7.90. The van der Waals surface area contributed by atoms with Crippen LogP contribution in [0.25, 0.3) is 0 Å². The molecule has 0 radical (unpaired) electrons. The van der Waals surface area contributed by atoms with Crippen molar-refractivity contribution in [1.82, 2.24) is 15.5 Å². The molecule has 1 N–H and O–H groups in total. The van der Waals surface area contributed by atoms with Gasteiger partial charge in [0.1, 0.15) is 11.6 Å². The minimum Gasteiger partial charge on any atom is -0.444 e. The summed E-state index contributed by atoms with van der Waals surface area (Å²) in [5.74, 6) is -0.515. The molecule has 3 rings (SSSR count). The minimum atomic E-state index is -4.00. The summed E-state index contributed by atoms with van der Waals surface area (Å²) in [5.41, 5.74) is 0.491. The van der Waals surface area contributed by atoms with Crippen molar-refractivity contribution in [3.63, 3.8) is 0 Å². The Morgan fingerprint density at radius 1 is 1.12 bits per heavy atom. The first-order valence-electron chi connectivity index (χ1n) is 9.96. The predicted molar refractivity (Wildman–Crippen MR) is 124 cm³/mol. The normalized spacial score (nSPS) is 12.9. The molecule has 0 spiro atoms. The second-order valence-electron chi connectivity index (χ2n) is 8.29. The van der Waals surface area contributed by atoms with Crippen molar-refractivity contribution in [2.24, 2.45) is 0 Å². The fourth-order valence-corrected chi connectivity index (χ4v) is 4.61. The van der Waals surface area contributed by atoms with Gasteiger partial charge in [-0.2, -0.15) is 0 Å². The van der Waals surface area contributed by atoms with E-state index in [0.717, 1.165) is 5.56 Å². The zero-order valence-electron chi connectivity index (χ0n) is 18.2. The molecule has 33 heavy (non-hydrogen) atoms. The fourth-order valence-electron chi connectivity index (χ4n) is 2.89. The number of hydrogen-bond donors (Lipinski definition) is 1. The number of sulfone groups is 1. The van der Waals surface area contributed by atoms with E-state index >= 15 is 0 Å². The molecular weight excluding hydrogens is 489 g/mol. The van der Waals surface area contributed by atoms with Gasteiger partial charge in [0.2, 0.25) is 15.7 Å². The lowest BCUT2D eigenvalue weighted by atomic mass is 10.1. The van der Waals surface area contributed by atoms with Crippen LogP contribution in [0.4, 0.5) is 4.79 Å². The molecule has 176 valence electrons. The van der Waals surface area contributed by atoms with Gasteiger partial charge in [0.25, 0.3) is 0 Å². The summed E-state index contributed by atoms with van der Waals surface area (Å²) in [6, 6.07) is 13.0. The Labute approximate surface area is 202 Å². The summed E-state index contributed by atoms with van der Waals surface area (Å²) in [5, 5.41) is 10.3.